The molecule has 0 spiro atoms. The summed E-state index contributed by atoms with van der Waals surface area (Å²) in [6.45, 7) is 4.60. The highest BCUT2D eigenvalue weighted by Gasteiger charge is 2.16. The summed E-state index contributed by atoms with van der Waals surface area (Å²) in [6, 6.07) is 12.4. The van der Waals surface area contributed by atoms with Crippen LogP contribution in [-0.4, -0.2) is 18.0 Å². The van der Waals surface area contributed by atoms with Gasteiger partial charge in [0.1, 0.15) is 5.76 Å². The molecule has 150 valence electrons. The number of nitrogens with one attached hydrogen (secondary N) is 1. The molecular weight excluding hydrogens is 408 g/mol. The van der Waals surface area contributed by atoms with E-state index in [2.05, 4.69) is 16.0 Å². The first-order valence-corrected chi connectivity index (χ1v) is 11.3. The van der Waals surface area contributed by atoms with Gasteiger partial charge in [0.25, 0.3) is 0 Å². The predicted molar refractivity (Wildman–Crippen MR) is 114 cm³/mol. The minimum absolute atomic E-state index is 0.0933. The number of aromatic nitrogens is 2. The summed E-state index contributed by atoms with van der Waals surface area (Å²) in [7, 11) is -3.71. The van der Waals surface area contributed by atoms with Crippen LogP contribution in [0.2, 0.25) is 0 Å². The Kier molecular flexibility index (Phi) is 5.03. The van der Waals surface area contributed by atoms with Crippen LogP contribution in [0.15, 0.2) is 63.4 Å². The first-order valence-electron chi connectivity index (χ1n) is 8.87. The highest BCUT2D eigenvalue weighted by molar-refractivity contribution is 7.89. The van der Waals surface area contributed by atoms with Crippen LogP contribution in [0.5, 0.6) is 0 Å². The van der Waals surface area contributed by atoms with Gasteiger partial charge in [-0.15, -0.1) is 11.3 Å². The molecule has 0 unspecified atom stereocenters. The van der Waals surface area contributed by atoms with Gasteiger partial charge in [-0.3, -0.25) is 0 Å². The van der Waals surface area contributed by atoms with Gasteiger partial charge in [-0.05, 0) is 56.3 Å². The third kappa shape index (κ3) is 3.98. The normalized spacial score (nSPS) is 11.7. The van der Waals surface area contributed by atoms with Crippen LogP contribution in [0.4, 0.5) is 5.13 Å². The van der Waals surface area contributed by atoms with Gasteiger partial charge in [-0.1, -0.05) is 0 Å². The second-order valence-electron chi connectivity index (χ2n) is 6.63. The maximum Gasteiger partial charge on any atom is 0.238 e. The summed E-state index contributed by atoms with van der Waals surface area (Å²) in [5.74, 6) is 0.850. The summed E-state index contributed by atoms with van der Waals surface area (Å²) < 4.78 is 30.4. The van der Waals surface area contributed by atoms with Crippen molar-refractivity contribution in [3.63, 3.8) is 0 Å². The minimum atomic E-state index is -3.71. The van der Waals surface area contributed by atoms with E-state index in [9.17, 15) is 8.42 Å². The number of thiazole rings is 1. The van der Waals surface area contributed by atoms with Crippen LogP contribution in [0.1, 0.15) is 17.1 Å². The average molecular weight is 429 g/mol. The van der Waals surface area contributed by atoms with E-state index in [1.54, 1.807) is 18.4 Å². The maximum atomic E-state index is 11.5. The Morgan fingerprint density at radius 2 is 1.97 bits per heavy atom. The van der Waals surface area contributed by atoms with Crippen molar-refractivity contribution in [2.75, 3.05) is 5.32 Å². The van der Waals surface area contributed by atoms with E-state index in [-0.39, 0.29) is 4.90 Å². The molecule has 0 atom stereocenters. The van der Waals surface area contributed by atoms with E-state index in [4.69, 9.17) is 14.5 Å². The molecular formula is C20H20N4O3S2. The quantitative estimate of drug-likeness (QED) is 0.482. The SMILES string of the molecule is Cc1cc(-c2csc(NCc3ccco3)n2)c(C)n1-c1ccc(S(N)(=O)=O)cc1. The first-order chi connectivity index (χ1) is 13.8. The third-order valence-corrected chi connectivity index (χ3v) is 6.36. The second-order valence-corrected chi connectivity index (χ2v) is 9.05. The maximum absolute atomic E-state index is 11.5. The molecule has 9 heteroatoms. The first kappa shape index (κ1) is 19.4. The molecule has 4 aromatic rings. The van der Waals surface area contributed by atoms with E-state index in [0.29, 0.717) is 6.54 Å². The van der Waals surface area contributed by atoms with Gasteiger partial charge in [0, 0.05) is 28.0 Å². The Morgan fingerprint density at radius 3 is 2.62 bits per heavy atom. The number of nitrogens with two attached hydrogens (primary N) is 1. The summed E-state index contributed by atoms with van der Waals surface area (Å²) in [6.07, 6.45) is 1.65. The summed E-state index contributed by atoms with van der Waals surface area (Å²) in [4.78, 5) is 4.79. The minimum Gasteiger partial charge on any atom is -0.467 e. The Hall–Kier alpha value is -2.88. The lowest BCUT2D eigenvalue weighted by atomic mass is 10.2. The number of hydrogen-bond acceptors (Lipinski definition) is 6. The highest BCUT2D eigenvalue weighted by atomic mass is 32.2. The molecule has 0 amide bonds. The summed E-state index contributed by atoms with van der Waals surface area (Å²) in [5, 5.41) is 11.3. The van der Waals surface area contributed by atoms with Gasteiger partial charge in [0.05, 0.1) is 23.4 Å². The fourth-order valence-electron chi connectivity index (χ4n) is 3.26. The lowest BCUT2D eigenvalue weighted by molar-refractivity contribution is 0.518. The van der Waals surface area contributed by atoms with Crippen molar-refractivity contribution in [3.8, 4) is 16.9 Å². The van der Waals surface area contributed by atoms with Gasteiger partial charge in [-0.2, -0.15) is 0 Å². The fraction of sp³-hybridized carbons (Fsp3) is 0.150. The zero-order valence-electron chi connectivity index (χ0n) is 15.9. The molecule has 7 nitrogen and oxygen atoms in total. The van der Waals surface area contributed by atoms with E-state index < -0.39 is 10.0 Å². The molecule has 1 aromatic carbocycles. The zero-order valence-corrected chi connectivity index (χ0v) is 17.5. The van der Waals surface area contributed by atoms with Crippen LogP contribution in [0, 0.1) is 13.8 Å². The Morgan fingerprint density at radius 1 is 1.21 bits per heavy atom. The van der Waals surface area contributed by atoms with Gasteiger partial charge >= 0.3 is 0 Å². The third-order valence-electron chi connectivity index (χ3n) is 4.63. The number of sulfonamides is 1. The molecule has 0 saturated carbocycles. The topological polar surface area (TPSA) is 103 Å². The molecule has 4 rings (SSSR count). The van der Waals surface area contributed by atoms with E-state index in [1.165, 1.54) is 23.5 Å². The molecule has 0 saturated heterocycles. The van der Waals surface area contributed by atoms with E-state index in [0.717, 1.165) is 39.2 Å². The van der Waals surface area contributed by atoms with Gasteiger partial charge < -0.3 is 14.3 Å². The number of primary sulfonamides is 1. The van der Waals surface area contributed by atoms with Gasteiger partial charge in [0.2, 0.25) is 10.0 Å². The molecule has 0 aliphatic carbocycles. The van der Waals surface area contributed by atoms with Crippen molar-refractivity contribution in [1.82, 2.24) is 9.55 Å². The van der Waals surface area contributed by atoms with E-state index >= 15 is 0 Å². The summed E-state index contributed by atoms with van der Waals surface area (Å²) in [5.41, 5.74) is 4.83. The van der Waals surface area contributed by atoms with Crippen LogP contribution in [0.25, 0.3) is 16.9 Å². The molecule has 3 aromatic heterocycles. The van der Waals surface area contributed by atoms with Crippen LogP contribution in [0.3, 0.4) is 0 Å². The van der Waals surface area contributed by atoms with Crippen molar-refractivity contribution >= 4 is 26.5 Å². The van der Waals surface area contributed by atoms with Crippen LogP contribution >= 0.6 is 11.3 Å². The lowest BCUT2D eigenvalue weighted by Crippen LogP contribution is -2.12. The smallest absolute Gasteiger partial charge is 0.238 e. The van der Waals surface area contributed by atoms with Crippen molar-refractivity contribution in [3.05, 3.63) is 71.3 Å². The number of nitrogens with zero attached hydrogens (tertiary/aromatic N) is 2. The molecule has 29 heavy (non-hydrogen) atoms. The van der Waals surface area contributed by atoms with Crippen LogP contribution in [-0.2, 0) is 16.6 Å². The molecule has 3 heterocycles. The number of furan rings is 1. The standard InChI is InChI=1S/C20H20N4O3S2/c1-13-10-18(19-12-28-20(23-19)22-11-16-4-3-9-27-16)14(2)24(13)15-5-7-17(8-6-15)29(21,25)26/h3-10,12H,11H2,1-2H3,(H,22,23)(H2,21,25,26). The molecule has 0 radical (unpaired) electrons. The number of aryl methyl sites for hydroxylation is 1. The number of benzene rings is 1. The molecule has 0 aliphatic rings. The van der Waals surface area contributed by atoms with Crippen molar-refractivity contribution < 1.29 is 12.8 Å². The number of anilines is 1. The van der Waals surface area contributed by atoms with Crippen molar-refractivity contribution in [2.24, 2.45) is 5.14 Å². The predicted octanol–water partition coefficient (Wildman–Crippen LogP) is 4.07. The van der Waals surface area contributed by atoms with E-state index in [1.807, 2.05) is 31.4 Å². The average Bonchev–Trinajstić information content (AvgIpc) is 3.40. The number of rotatable bonds is 6. The highest BCUT2D eigenvalue weighted by Crippen LogP contribution is 2.32. The summed E-state index contributed by atoms with van der Waals surface area (Å²) >= 11 is 1.54. The molecule has 0 bridgehead atoms. The molecule has 3 N–H and O–H groups in total. The molecule has 0 aliphatic heterocycles. The Labute approximate surface area is 172 Å². The van der Waals surface area contributed by atoms with Gasteiger partial charge in [0.15, 0.2) is 5.13 Å². The number of hydrogen-bond donors (Lipinski definition) is 2. The zero-order chi connectivity index (χ0) is 20.6. The largest absolute Gasteiger partial charge is 0.467 e. The monoisotopic (exact) mass is 428 g/mol. The lowest BCUT2D eigenvalue weighted by Gasteiger charge is -2.10. The molecule has 0 fully saturated rings. The Bertz CT molecular complexity index is 1240. The van der Waals surface area contributed by atoms with Gasteiger partial charge in [-0.25, -0.2) is 18.5 Å². The van der Waals surface area contributed by atoms with Crippen LogP contribution < -0.4 is 10.5 Å². The van der Waals surface area contributed by atoms with Crippen molar-refractivity contribution in [2.45, 2.75) is 25.3 Å². The van der Waals surface area contributed by atoms with Crippen molar-refractivity contribution in [1.29, 1.82) is 0 Å². The fourth-order valence-corrected chi connectivity index (χ4v) is 4.48. The Balaban J connectivity index is 1.60. The second kappa shape index (κ2) is 7.51.